The average molecular weight is 351 g/mol. The summed E-state index contributed by atoms with van der Waals surface area (Å²) in [5.74, 6) is -0.853. The van der Waals surface area contributed by atoms with Gasteiger partial charge < -0.3 is 5.11 Å². The lowest BCUT2D eigenvalue weighted by Gasteiger charge is -2.37. The van der Waals surface area contributed by atoms with Gasteiger partial charge in [0.25, 0.3) is 0 Å². The number of aryl methyl sites for hydroxylation is 3. The van der Waals surface area contributed by atoms with Crippen LogP contribution in [0.1, 0.15) is 53.6 Å². The Bertz CT molecular complexity index is 738. The van der Waals surface area contributed by atoms with E-state index in [0.717, 1.165) is 32.4 Å². The van der Waals surface area contributed by atoms with E-state index in [4.69, 9.17) is 0 Å². The zero-order valence-corrected chi connectivity index (χ0v) is 16.0. The van der Waals surface area contributed by atoms with E-state index in [9.17, 15) is 9.90 Å². The van der Waals surface area contributed by atoms with E-state index < -0.39 is 5.97 Å². The van der Waals surface area contributed by atoms with Gasteiger partial charge in [0.05, 0.1) is 12.0 Å². The van der Waals surface area contributed by atoms with Crippen LogP contribution in [0.2, 0.25) is 0 Å². The normalized spacial score (nSPS) is 17.2. The maximum Gasteiger partial charge on any atom is 0.306 e. The molecule has 1 unspecified atom stereocenters. The smallest absolute Gasteiger partial charge is 0.306 e. The van der Waals surface area contributed by atoms with Crippen LogP contribution in [0, 0.1) is 19.8 Å². The standard InChI is InChI=1S/C23H29NO2/c1-4-18-5-7-19(8-6-18)22(21-14-16(2)13-17(3)15-21)24-11-9-20(10-12-24)23(25)26/h5-8,13-15,20,22H,4,9-12H2,1-3H3,(H,25,26). The molecule has 0 saturated carbocycles. The first-order chi connectivity index (χ1) is 12.5. The molecule has 1 aliphatic heterocycles. The summed E-state index contributed by atoms with van der Waals surface area (Å²) in [4.78, 5) is 13.8. The summed E-state index contributed by atoms with van der Waals surface area (Å²) >= 11 is 0. The molecule has 0 aliphatic carbocycles. The molecular formula is C23H29NO2. The van der Waals surface area contributed by atoms with Crippen LogP contribution in [0.15, 0.2) is 42.5 Å². The lowest BCUT2D eigenvalue weighted by Crippen LogP contribution is -2.39. The van der Waals surface area contributed by atoms with E-state index >= 15 is 0 Å². The monoisotopic (exact) mass is 351 g/mol. The van der Waals surface area contributed by atoms with Gasteiger partial charge in [0, 0.05) is 0 Å². The molecule has 1 atom stereocenters. The Kier molecular flexibility index (Phi) is 5.77. The van der Waals surface area contributed by atoms with Crippen LogP contribution in [-0.4, -0.2) is 29.1 Å². The number of aliphatic carboxylic acids is 1. The minimum atomic E-state index is -0.653. The highest BCUT2D eigenvalue weighted by atomic mass is 16.4. The van der Waals surface area contributed by atoms with Gasteiger partial charge in [-0.05, 0) is 62.9 Å². The maximum atomic E-state index is 11.3. The molecule has 3 nitrogen and oxygen atoms in total. The van der Waals surface area contributed by atoms with Gasteiger partial charge in [-0.15, -0.1) is 0 Å². The number of hydrogen-bond acceptors (Lipinski definition) is 2. The number of carbonyl (C=O) groups is 1. The van der Waals surface area contributed by atoms with Crippen molar-refractivity contribution in [2.45, 2.75) is 46.1 Å². The van der Waals surface area contributed by atoms with Crippen LogP contribution in [-0.2, 0) is 11.2 Å². The Labute approximate surface area is 156 Å². The fourth-order valence-electron chi connectivity index (χ4n) is 4.12. The lowest BCUT2D eigenvalue weighted by molar-refractivity contribution is -0.143. The lowest BCUT2D eigenvalue weighted by atomic mass is 9.90. The highest BCUT2D eigenvalue weighted by Crippen LogP contribution is 2.33. The zero-order valence-electron chi connectivity index (χ0n) is 16.0. The zero-order chi connectivity index (χ0) is 18.7. The van der Waals surface area contributed by atoms with Crippen molar-refractivity contribution in [3.05, 3.63) is 70.3 Å². The second kappa shape index (κ2) is 8.05. The Balaban J connectivity index is 1.94. The molecule has 3 heteroatoms. The van der Waals surface area contributed by atoms with Gasteiger partial charge in [0.1, 0.15) is 0 Å². The van der Waals surface area contributed by atoms with Gasteiger partial charge in [-0.2, -0.15) is 0 Å². The van der Waals surface area contributed by atoms with Crippen LogP contribution in [0.3, 0.4) is 0 Å². The summed E-state index contributed by atoms with van der Waals surface area (Å²) in [5, 5.41) is 9.31. The summed E-state index contributed by atoms with van der Waals surface area (Å²) in [6.45, 7) is 8.11. The van der Waals surface area contributed by atoms with Gasteiger partial charge in [0.15, 0.2) is 0 Å². The molecule has 3 rings (SSSR count). The van der Waals surface area contributed by atoms with Gasteiger partial charge in [-0.3, -0.25) is 9.69 Å². The van der Waals surface area contributed by atoms with E-state index in [-0.39, 0.29) is 12.0 Å². The number of likely N-dealkylation sites (tertiary alicyclic amines) is 1. The number of carboxylic acids is 1. The second-order valence-electron chi connectivity index (χ2n) is 7.57. The largest absolute Gasteiger partial charge is 0.481 e. The van der Waals surface area contributed by atoms with Crippen molar-refractivity contribution in [1.29, 1.82) is 0 Å². The van der Waals surface area contributed by atoms with Gasteiger partial charge >= 0.3 is 5.97 Å². The van der Waals surface area contributed by atoms with Crippen LogP contribution < -0.4 is 0 Å². The summed E-state index contributed by atoms with van der Waals surface area (Å²) in [7, 11) is 0. The van der Waals surface area contributed by atoms with E-state index in [1.165, 1.54) is 27.8 Å². The molecule has 1 aliphatic rings. The molecule has 0 amide bonds. The first-order valence-electron chi connectivity index (χ1n) is 9.61. The molecule has 2 aromatic rings. The highest BCUT2D eigenvalue weighted by Gasteiger charge is 2.30. The molecule has 26 heavy (non-hydrogen) atoms. The predicted octanol–water partition coefficient (Wildman–Crippen LogP) is 4.75. The van der Waals surface area contributed by atoms with Crippen molar-refractivity contribution in [1.82, 2.24) is 4.90 Å². The molecule has 2 aromatic carbocycles. The Morgan fingerprint density at radius 2 is 1.62 bits per heavy atom. The Morgan fingerprint density at radius 3 is 2.12 bits per heavy atom. The van der Waals surface area contributed by atoms with E-state index in [2.05, 4.69) is 68.1 Å². The van der Waals surface area contributed by atoms with E-state index in [0.29, 0.717) is 0 Å². The number of carboxylic acid groups (broad SMARTS) is 1. The first-order valence-corrected chi connectivity index (χ1v) is 9.61. The molecule has 1 fully saturated rings. The van der Waals surface area contributed by atoms with Crippen LogP contribution >= 0.6 is 0 Å². The van der Waals surface area contributed by atoms with Crippen molar-refractivity contribution >= 4 is 5.97 Å². The van der Waals surface area contributed by atoms with Gasteiger partial charge in [-0.1, -0.05) is 60.5 Å². The van der Waals surface area contributed by atoms with Crippen LogP contribution in [0.5, 0.6) is 0 Å². The maximum absolute atomic E-state index is 11.3. The first kappa shape index (κ1) is 18.7. The van der Waals surface area contributed by atoms with Crippen molar-refractivity contribution in [2.75, 3.05) is 13.1 Å². The van der Waals surface area contributed by atoms with E-state index in [1.54, 1.807) is 0 Å². The number of piperidine rings is 1. The van der Waals surface area contributed by atoms with Crippen molar-refractivity contribution in [3.63, 3.8) is 0 Å². The van der Waals surface area contributed by atoms with E-state index in [1.807, 2.05) is 0 Å². The number of benzene rings is 2. The van der Waals surface area contributed by atoms with Gasteiger partial charge in [0.2, 0.25) is 0 Å². The summed E-state index contributed by atoms with van der Waals surface area (Å²) < 4.78 is 0. The fourth-order valence-corrected chi connectivity index (χ4v) is 4.12. The van der Waals surface area contributed by atoms with Crippen LogP contribution in [0.4, 0.5) is 0 Å². The number of rotatable bonds is 5. The van der Waals surface area contributed by atoms with Crippen molar-refractivity contribution in [3.8, 4) is 0 Å². The molecule has 0 aromatic heterocycles. The summed E-state index contributed by atoms with van der Waals surface area (Å²) in [5.41, 5.74) is 6.49. The van der Waals surface area contributed by atoms with Crippen molar-refractivity contribution in [2.24, 2.45) is 5.92 Å². The minimum absolute atomic E-state index is 0.189. The average Bonchev–Trinajstić information content (AvgIpc) is 2.62. The highest BCUT2D eigenvalue weighted by molar-refractivity contribution is 5.70. The Morgan fingerprint density at radius 1 is 1.04 bits per heavy atom. The molecule has 0 bridgehead atoms. The molecule has 1 N–H and O–H groups in total. The molecule has 0 radical (unpaired) electrons. The SMILES string of the molecule is CCc1ccc(C(c2cc(C)cc(C)c2)N2CCC(C(=O)O)CC2)cc1. The quantitative estimate of drug-likeness (QED) is 0.845. The van der Waals surface area contributed by atoms with Gasteiger partial charge in [-0.25, -0.2) is 0 Å². The third-order valence-electron chi connectivity index (χ3n) is 5.51. The molecule has 0 spiro atoms. The summed E-state index contributed by atoms with van der Waals surface area (Å²) in [6.07, 6.45) is 2.49. The second-order valence-corrected chi connectivity index (χ2v) is 7.57. The predicted molar refractivity (Wildman–Crippen MR) is 106 cm³/mol. The third kappa shape index (κ3) is 4.16. The molecule has 1 heterocycles. The summed E-state index contributed by atoms with van der Waals surface area (Å²) in [6, 6.07) is 15.9. The molecule has 138 valence electrons. The number of nitrogens with zero attached hydrogens (tertiary/aromatic N) is 1. The Hall–Kier alpha value is -2.13. The van der Waals surface area contributed by atoms with Crippen LogP contribution in [0.25, 0.3) is 0 Å². The fraction of sp³-hybridized carbons (Fsp3) is 0.435. The molecular weight excluding hydrogens is 322 g/mol. The minimum Gasteiger partial charge on any atom is -0.481 e. The topological polar surface area (TPSA) is 40.5 Å². The van der Waals surface area contributed by atoms with Crippen molar-refractivity contribution < 1.29 is 9.90 Å². The third-order valence-corrected chi connectivity index (χ3v) is 5.51. The number of hydrogen-bond donors (Lipinski definition) is 1. The molecule has 1 saturated heterocycles.